The summed E-state index contributed by atoms with van der Waals surface area (Å²) in [6.45, 7) is 0. The fourth-order valence-electron chi connectivity index (χ4n) is 1.21. The molecule has 0 aromatic heterocycles. The van der Waals surface area contributed by atoms with E-state index in [0.29, 0.717) is 12.1 Å². The van der Waals surface area contributed by atoms with E-state index in [4.69, 9.17) is 5.11 Å². The number of thiol groups is 1. The Labute approximate surface area is 97.1 Å². The number of amides is 1. The van der Waals surface area contributed by atoms with Gasteiger partial charge in [0.2, 0.25) is 6.41 Å². The number of carbonyl (C=O) groups is 2. The van der Waals surface area contributed by atoms with Crippen LogP contribution in [0.2, 0.25) is 0 Å². The molecule has 0 saturated heterocycles. The highest BCUT2D eigenvalue weighted by Crippen LogP contribution is 2.16. The molecule has 0 spiro atoms. The Balaban J connectivity index is 3.01. The average molecular weight is 243 g/mol. The standard InChI is InChI=1S/C10H10FNO3S/c11-7-1-3-8(4-2-7)12(6-13)9(5-16)10(14)15/h1-4,6,9,16H,5H2,(H,14,15)/t9-/m0/s1. The van der Waals surface area contributed by atoms with Crippen molar-refractivity contribution in [2.24, 2.45) is 0 Å². The second-order valence-corrected chi connectivity index (χ2v) is 3.39. The molecular weight excluding hydrogens is 233 g/mol. The predicted octanol–water partition coefficient (Wildman–Crippen LogP) is 1.17. The molecule has 0 bridgehead atoms. The van der Waals surface area contributed by atoms with E-state index in [0.717, 1.165) is 17.0 Å². The Hall–Kier alpha value is -1.56. The van der Waals surface area contributed by atoms with Gasteiger partial charge in [0, 0.05) is 11.4 Å². The third-order valence-corrected chi connectivity index (χ3v) is 2.38. The molecule has 16 heavy (non-hydrogen) atoms. The first-order chi connectivity index (χ1) is 7.60. The minimum Gasteiger partial charge on any atom is -0.480 e. The van der Waals surface area contributed by atoms with Gasteiger partial charge in [-0.1, -0.05) is 0 Å². The van der Waals surface area contributed by atoms with Gasteiger partial charge in [-0.2, -0.15) is 12.6 Å². The number of carboxylic acids is 1. The van der Waals surface area contributed by atoms with E-state index in [-0.39, 0.29) is 5.75 Å². The zero-order valence-electron chi connectivity index (χ0n) is 8.21. The second-order valence-electron chi connectivity index (χ2n) is 3.03. The van der Waals surface area contributed by atoms with Crippen molar-refractivity contribution in [3.63, 3.8) is 0 Å². The summed E-state index contributed by atoms with van der Waals surface area (Å²) in [5, 5.41) is 8.87. The summed E-state index contributed by atoms with van der Waals surface area (Å²) in [5.74, 6) is -1.63. The van der Waals surface area contributed by atoms with Gasteiger partial charge in [-0.15, -0.1) is 0 Å². The first-order valence-corrected chi connectivity index (χ1v) is 5.06. The van der Waals surface area contributed by atoms with Gasteiger partial charge in [0.25, 0.3) is 0 Å². The highest BCUT2D eigenvalue weighted by Gasteiger charge is 2.24. The molecule has 0 aliphatic heterocycles. The lowest BCUT2D eigenvalue weighted by molar-refractivity contribution is -0.138. The van der Waals surface area contributed by atoms with Crippen LogP contribution in [-0.4, -0.2) is 29.3 Å². The lowest BCUT2D eigenvalue weighted by Crippen LogP contribution is -2.42. The number of benzene rings is 1. The molecule has 6 heteroatoms. The minimum absolute atomic E-state index is 0.0224. The number of nitrogens with zero attached hydrogens (tertiary/aromatic N) is 1. The van der Waals surface area contributed by atoms with Crippen LogP contribution in [0.25, 0.3) is 0 Å². The van der Waals surface area contributed by atoms with E-state index in [2.05, 4.69) is 12.6 Å². The van der Waals surface area contributed by atoms with Crippen molar-refractivity contribution in [1.82, 2.24) is 0 Å². The molecule has 0 aliphatic rings. The van der Waals surface area contributed by atoms with Crippen LogP contribution in [0.5, 0.6) is 0 Å². The van der Waals surface area contributed by atoms with Gasteiger partial charge in [-0.25, -0.2) is 9.18 Å². The number of aliphatic carboxylic acids is 1. The van der Waals surface area contributed by atoms with E-state index in [1.54, 1.807) is 0 Å². The molecular formula is C10H10FNO3S. The van der Waals surface area contributed by atoms with Crippen LogP contribution in [0.1, 0.15) is 0 Å². The maximum absolute atomic E-state index is 12.7. The molecule has 0 saturated carbocycles. The predicted molar refractivity (Wildman–Crippen MR) is 60.2 cm³/mol. The lowest BCUT2D eigenvalue weighted by atomic mass is 10.2. The zero-order valence-corrected chi connectivity index (χ0v) is 9.10. The van der Waals surface area contributed by atoms with Crippen molar-refractivity contribution in [2.75, 3.05) is 10.7 Å². The van der Waals surface area contributed by atoms with Crippen molar-refractivity contribution < 1.29 is 19.1 Å². The van der Waals surface area contributed by atoms with Gasteiger partial charge >= 0.3 is 5.97 Å². The molecule has 1 amide bonds. The minimum atomic E-state index is -1.16. The van der Waals surface area contributed by atoms with Gasteiger partial charge in [0.1, 0.15) is 11.9 Å². The molecule has 4 nitrogen and oxygen atoms in total. The summed E-state index contributed by atoms with van der Waals surface area (Å²) in [4.78, 5) is 22.7. The number of rotatable bonds is 5. The van der Waals surface area contributed by atoms with Gasteiger partial charge < -0.3 is 5.11 Å². The van der Waals surface area contributed by atoms with E-state index in [1.165, 1.54) is 12.1 Å². The SMILES string of the molecule is O=CN(c1ccc(F)cc1)[C@@H](CS)C(=O)O. The van der Waals surface area contributed by atoms with E-state index in [1.807, 2.05) is 0 Å². The van der Waals surface area contributed by atoms with Crippen LogP contribution in [0, 0.1) is 5.82 Å². The van der Waals surface area contributed by atoms with Crippen molar-refractivity contribution in [3.05, 3.63) is 30.1 Å². The summed E-state index contributed by atoms with van der Waals surface area (Å²) in [6.07, 6.45) is 0.391. The van der Waals surface area contributed by atoms with Crippen LogP contribution >= 0.6 is 12.6 Å². The highest BCUT2D eigenvalue weighted by atomic mass is 32.1. The van der Waals surface area contributed by atoms with E-state index in [9.17, 15) is 14.0 Å². The largest absolute Gasteiger partial charge is 0.480 e. The zero-order chi connectivity index (χ0) is 12.1. The molecule has 0 aliphatic carbocycles. The number of hydrogen-bond acceptors (Lipinski definition) is 3. The summed E-state index contributed by atoms with van der Waals surface area (Å²) in [5.41, 5.74) is 0.317. The molecule has 0 radical (unpaired) electrons. The van der Waals surface area contributed by atoms with Crippen LogP contribution < -0.4 is 4.90 Å². The fraction of sp³-hybridized carbons (Fsp3) is 0.200. The number of carboxylic acid groups (broad SMARTS) is 1. The summed E-state index contributed by atoms with van der Waals surface area (Å²) < 4.78 is 12.7. The van der Waals surface area contributed by atoms with Crippen LogP contribution in [-0.2, 0) is 9.59 Å². The normalized spacial score (nSPS) is 11.9. The Kier molecular flexibility index (Phi) is 4.30. The molecule has 0 heterocycles. The van der Waals surface area contributed by atoms with E-state index < -0.39 is 17.8 Å². The first kappa shape index (κ1) is 12.5. The first-order valence-electron chi connectivity index (χ1n) is 4.43. The van der Waals surface area contributed by atoms with Crippen LogP contribution in [0.15, 0.2) is 24.3 Å². The number of halogens is 1. The molecule has 1 rings (SSSR count). The van der Waals surface area contributed by atoms with E-state index >= 15 is 0 Å². The van der Waals surface area contributed by atoms with Crippen molar-refractivity contribution in [2.45, 2.75) is 6.04 Å². The van der Waals surface area contributed by atoms with Gasteiger partial charge in [-0.05, 0) is 24.3 Å². The summed E-state index contributed by atoms with van der Waals surface area (Å²) in [7, 11) is 0. The van der Waals surface area contributed by atoms with Crippen LogP contribution in [0.4, 0.5) is 10.1 Å². The second kappa shape index (κ2) is 5.50. The Morgan fingerprint density at radius 2 is 2.06 bits per heavy atom. The van der Waals surface area contributed by atoms with Crippen LogP contribution in [0.3, 0.4) is 0 Å². The van der Waals surface area contributed by atoms with Crippen molar-refractivity contribution in [3.8, 4) is 0 Å². The molecule has 0 unspecified atom stereocenters. The summed E-state index contributed by atoms with van der Waals surface area (Å²) >= 11 is 3.86. The third-order valence-electron chi connectivity index (χ3n) is 2.03. The fourth-order valence-corrected chi connectivity index (χ4v) is 1.54. The van der Waals surface area contributed by atoms with Gasteiger partial charge in [-0.3, -0.25) is 9.69 Å². The molecule has 0 fully saturated rings. The van der Waals surface area contributed by atoms with Crippen molar-refractivity contribution in [1.29, 1.82) is 0 Å². The lowest BCUT2D eigenvalue weighted by Gasteiger charge is -2.23. The van der Waals surface area contributed by atoms with Crippen molar-refractivity contribution >= 4 is 30.7 Å². The number of carbonyl (C=O) groups excluding carboxylic acids is 1. The molecule has 1 aromatic rings. The Morgan fingerprint density at radius 1 is 1.50 bits per heavy atom. The quantitative estimate of drug-likeness (QED) is 0.603. The molecule has 1 N–H and O–H groups in total. The smallest absolute Gasteiger partial charge is 0.327 e. The molecule has 86 valence electrons. The highest BCUT2D eigenvalue weighted by molar-refractivity contribution is 7.80. The summed E-state index contributed by atoms with van der Waals surface area (Å²) in [6, 6.07) is 3.92. The monoisotopic (exact) mass is 243 g/mol. The molecule has 1 aromatic carbocycles. The van der Waals surface area contributed by atoms with Gasteiger partial charge in [0.05, 0.1) is 0 Å². The third kappa shape index (κ3) is 2.73. The number of hydrogen-bond donors (Lipinski definition) is 2. The topological polar surface area (TPSA) is 57.6 Å². The maximum Gasteiger partial charge on any atom is 0.327 e. The Bertz CT molecular complexity index is 382. The number of anilines is 1. The van der Waals surface area contributed by atoms with Gasteiger partial charge in [0.15, 0.2) is 0 Å². The Morgan fingerprint density at radius 3 is 2.44 bits per heavy atom. The average Bonchev–Trinajstić information content (AvgIpc) is 2.26. The molecule has 1 atom stereocenters. The maximum atomic E-state index is 12.7.